The summed E-state index contributed by atoms with van der Waals surface area (Å²) in [6, 6.07) is 57.2. The zero-order chi connectivity index (χ0) is 113. The van der Waals surface area contributed by atoms with Gasteiger partial charge in [-0.15, -0.1) is 17.3 Å². The van der Waals surface area contributed by atoms with Gasteiger partial charge in [0.15, 0.2) is 5.78 Å². The number of aromatic nitrogens is 3. The van der Waals surface area contributed by atoms with Gasteiger partial charge in [0, 0.05) is 81.4 Å². The van der Waals surface area contributed by atoms with Crippen LogP contribution in [0.15, 0.2) is 211 Å². The topological polar surface area (TPSA) is 439 Å². The summed E-state index contributed by atoms with van der Waals surface area (Å²) in [5.74, 6) is -2.37. The molecule has 2 amide bonds. The molecule has 1 fully saturated rings. The van der Waals surface area contributed by atoms with Crippen LogP contribution in [0.5, 0.6) is 28.7 Å². The number of hydrogen-bond acceptors (Lipinski definition) is 26. The SMILES string of the molecule is CC(C)(C)OC(=O)N1CCCC[C@H]1CC(=O)N[C@@H]1CCCc2cc(OS(=O)(=O)C(F)(F)F)ccc21.N[C@@H]1CCCc2cc(OS(=O)(=O)C(F)(F)F)ccc21.O=C1CCCc2cc(OS(=O)(=O)C(F)(F)F)ccc21.O=S(=O)(Oc1ccc2c(c1)CCC[C@@H]2O)C(F)(F)F.On1nnc2ccccc21.[2H]P(F)P.[2H][B].[B]C=S.[N-]=[N+]=N[C@@H]1CCCc2cc(OS(=O)(=O)C(F)(F)F)ccc21.[U].c1ccc(P(c2ccccc2)c2ccccc2)cc1. The van der Waals surface area contributed by atoms with Gasteiger partial charge in [-0.3, -0.25) is 9.59 Å². The number of ether oxygens (including phenoxy) is 1. The Morgan fingerprint density at radius 1 is 0.547 bits per heavy atom. The number of aliphatic hydroxyl groups is 1. The van der Waals surface area contributed by atoms with Crippen molar-refractivity contribution in [2.45, 2.75) is 206 Å². The maximum Gasteiger partial charge on any atom is 0.534 e. The van der Waals surface area contributed by atoms with Crippen molar-refractivity contribution in [3.63, 3.8) is 0 Å². The van der Waals surface area contributed by atoms with Gasteiger partial charge in [0.25, 0.3) is 0 Å². The fraction of sp³-hybridized carbons (Fsp3) is 0.370. The predicted octanol–water partition coefficient (Wildman–Crippen LogP) is 20.1. The van der Waals surface area contributed by atoms with Gasteiger partial charge in [-0.25, -0.2) is 8.99 Å². The second-order valence-corrected chi connectivity index (χ2v) is 44.5. The summed E-state index contributed by atoms with van der Waals surface area (Å²) in [5, 5.41) is 37.6. The van der Waals surface area contributed by atoms with E-state index in [4.69, 9.17) is 23.8 Å². The van der Waals surface area contributed by atoms with Crippen LogP contribution in [0.2, 0.25) is 0 Å². The van der Waals surface area contributed by atoms with Crippen molar-refractivity contribution in [1.82, 2.24) is 25.4 Å². The first kappa shape index (κ1) is 125. The Labute approximate surface area is 894 Å². The molecule has 30 nitrogen and oxygen atoms in total. The van der Waals surface area contributed by atoms with E-state index in [-0.39, 0.29) is 73.1 Å². The van der Waals surface area contributed by atoms with Crippen molar-refractivity contribution >= 4 is 154 Å². The summed E-state index contributed by atoms with van der Waals surface area (Å²) in [6.07, 6.45) is 10.6. The van der Waals surface area contributed by atoms with Crippen LogP contribution in [-0.2, 0) is 92.2 Å². The fourth-order valence-corrected chi connectivity index (χ4v) is 20.1. The minimum Gasteiger partial charge on any atom is -0.444 e. The number of carbonyl (C=O) groups excluding carboxylic acids is 3. The number of para-hydroxylation sites is 1. The van der Waals surface area contributed by atoms with Gasteiger partial charge in [0.2, 0.25) is 5.91 Å². The zero-order valence-corrected chi connectivity index (χ0v) is 91.2. The largest absolute Gasteiger partial charge is 0.534 e. The van der Waals surface area contributed by atoms with Crippen molar-refractivity contribution < 1.29 is 194 Å². The number of alkyl halides is 15. The van der Waals surface area contributed by atoms with Crippen molar-refractivity contribution in [2.24, 2.45) is 10.8 Å². The number of rotatable bonds is 17. The van der Waals surface area contributed by atoms with Crippen molar-refractivity contribution in [3.8, 4) is 28.7 Å². The number of benzene rings is 9. The van der Waals surface area contributed by atoms with E-state index in [2.05, 4.69) is 166 Å². The van der Waals surface area contributed by atoms with E-state index in [1.165, 1.54) is 76.6 Å². The Kier molecular flexibility index (Phi) is 47.4. The maximum atomic E-state index is 12.9. The third kappa shape index (κ3) is 37.7. The molecule has 2 unspecified atom stereocenters. The monoisotopic (exact) mass is 2520 g/mol. The average Bonchev–Trinajstić information content (AvgIpc) is 0.855. The van der Waals surface area contributed by atoms with Gasteiger partial charge in [-0.05, 0) is 295 Å². The second kappa shape index (κ2) is 56.7. The molecule has 7 atom stereocenters. The summed E-state index contributed by atoms with van der Waals surface area (Å²) in [6.45, 7) is 5.87. The van der Waals surface area contributed by atoms with E-state index in [9.17, 15) is 132 Å². The molecule has 5 aliphatic carbocycles. The number of likely N-dealkylation sites (tertiary alicyclic amines) is 1. The molecule has 1 saturated heterocycles. The number of piperidine rings is 1. The average molecular weight is 2520 g/mol. The predicted molar refractivity (Wildman–Crippen MR) is 535 cm³/mol. The molecule has 2 heterocycles. The fourth-order valence-electron chi connectivity index (χ4n) is 15.5. The third-order valence-corrected chi connectivity index (χ3v) is 29.3. The standard InChI is InChI=1S/C23H31F3N2O6S.C18H15P.C11H10F3N3O3S.C11H12F3NO3S.C11H11F3O4S.C11H9F3O4S.C6H5N3O.CHBS.BH.FH3P2.U/c1-22(2,3)33-21(30)28-12-5-4-8-16(28)14-20(29)27-19-9-6-7-15-13-17(10-11-18(15)19)34-35(31,32)23(24,25)26;1-4-10-16(11-5-1)19(17-12-6-2-7-13-17)18-14-8-3-9-15-18;12-11(13,14)21(18,19)20-8-4-5-9-7(6-8)2-1-3-10(9)16-17-15;3*12-11(13,14)19(16,17)18-8-4-5-9-7(6-8)2-1-3-10(9)15;10-9-6-4-2-1-3-5(6)7-8-9;2-1-3;;1-3-2;/h10-11,13,16,19H,4-9,12,14H2,1-3H3,(H,27,29);1-15H;4-6,10H,1-3H2;4-6,10H,1-3,15H2;4-6,10,15H,1-3H2;4-6H,1-3H2;1-4,10H;1H;1H;3H,2H2;/t16-,19+;;3*10-;;;;;;/m0.110....../s1/i;;;;;;;;1D;3D;. The number of ketones is 1. The van der Waals surface area contributed by atoms with Crippen molar-refractivity contribution in [3.05, 3.63) is 272 Å². The van der Waals surface area contributed by atoms with Crippen LogP contribution in [0.1, 0.15) is 195 Å². The minimum atomic E-state index is -5.76. The van der Waals surface area contributed by atoms with Gasteiger partial charge in [0.1, 0.15) is 53.2 Å². The molecule has 1 aromatic heterocycles. The van der Waals surface area contributed by atoms with Gasteiger partial charge in [0.05, 0.1) is 28.0 Å². The Bertz CT molecular complexity index is 6730. The van der Waals surface area contributed by atoms with E-state index in [0.717, 1.165) is 77.3 Å². The first-order chi connectivity index (χ1) is 70.5. The number of aliphatic hydroxyl groups excluding tert-OH is 1. The quantitative estimate of drug-likeness (QED) is 0.00628. The summed E-state index contributed by atoms with van der Waals surface area (Å²) < 4.78 is 342. The Morgan fingerprint density at radius 3 is 1.33 bits per heavy atom. The number of nitrogens with one attached hydrogen (secondary N) is 1. The van der Waals surface area contributed by atoms with E-state index in [0.29, 0.717) is 152 Å². The van der Waals surface area contributed by atoms with Crippen LogP contribution in [-0.4, -0.2) is 160 Å². The molecule has 9 aromatic carbocycles. The van der Waals surface area contributed by atoms with Gasteiger partial charge >= 0.3 is 84.2 Å². The molecule has 0 spiro atoms. The molecule has 5 N–H and O–H groups in total. The number of thiocarbonyl (C=S) groups is 1. The molecule has 58 heteroatoms. The Morgan fingerprint density at radius 2 is 0.907 bits per heavy atom. The molecule has 1 aliphatic heterocycles. The van der Waals surface area contributed by atoms with E-state index >= 15 is 0 Å². The smallest absolute Gasteiger partial charge is 0.444 e. The molecule has 4 radical (unpaired) electrons. The number of halogens is 16. The van der Waals surface area contributed by atoms with Crippen LogP contribution < -0.4 is 47.9 Å². The molecule has 150 heavy (non-hydrogen) atoms. The first-order valence-corrected chi connectivity index (χ1v) is 55.5. The number of aryl methyl sites for hydroxylation is 5. The number of nitrogens with zero attached hydrogens (tertiary/aromatic N) is 7. The van der Waals surface area contributed by atoms with Crippen molar-refractivity contribution in [1.29, 1.82) is 2.61 Å². The number of hydrogen-bond donors (Lipinski definition) is 4. The second-order valence-electron chi connectivity index (χ2n) is 33.6. The molecule has 10 aromatic rings. The Hall–Kier alpha value is -9.99. The molecule has 0 saturated carbocycles. The molecular formula is C92H98B2F16N9O21P3S6U. The van der Waals surface area contributed by atoms with Gasteiger partial charge < -0.3 is 51.9 Å². The summed E-state index contributed by atoms with van der Waals surface area (Å²) in [5.41, 5.74) is -6.07. The van der Waals surface area contributed by atoms with E-state index < -0.39 is 141 Å². The summed E-state index contributed by atoms with van der Waals surface area (Å²) in [7, 11) is -20.8. The normalized spacial score (nSPS) is 17.2. The third-order valence-electron chi connectivity index (χ3n) is 22.0. The minimum absolute atomic E-state index is 0. The van der Waals surface area contributed by atoms with E-state index in [1.807, 2.05) is 12.1 Å². The maximum absolute atomic E-state index is 12.9. The number of Topliss-reactive ketones (excluding diaryl/α,β-unsaturated/α-hetero) is 1. The number of carbonyl (C=O) groups is 3. The summed E-state index contributed by atoms with van der Waals surface area (Å²) >= 11 is 4.05. The van der Waals surface area contributed by atoms with Crippen LogP contribution in [0.4, 0.5) is 74.8 Å². The van der Waals surface area contributed by atoms with Crippen LogP contribution >= 0.6 is 37.6 Å². The first-order valence-electron chi connectivity index (χ1n) is 45.3. The van der Waals surface area contributed by atoms with Crippen LogP contribution in [0.3, 0.4) is 0 Å². The van der Waals surface area contributed by atoms with Crippen LogP contribution in [0, 0.1) is 31.1 Å². The molecule has 6 aliphatic rings. The zero-order valence-electron chi connectivity index (χ0n) is 81.2. The van der Waals surface area contributed by atoms with Gasteiger partial charge in [-0.2, -0.15) is 108 Å². The number of azide groups is 1. The molecular weight excluding hydrogens is 2420 g/mol. The summed E-state index contributed by atoms with van der Waals surface area (Å²) in [4.78, 5) is 42.1. The molecule has 16 rings (SSSR count). The number of nitrogens with two attached hydrogens (primary N) is 1. The number of amides is 2. The number of fused-ring (bicyclic) bond motifs is 6. The molecule has 810 valence electrons. The van der Waals surface area contributed by atoms with Crippen LogP contribution in [0.25, 0.3) is 21.5 Å². The van der Waals surface area contributed by atoms with E-state index in [1.54, 1.807) is 46.7 Å². The van der Waals surface area contributed by atoms with Gasteiger partial charge in [-0.1, -0.05) is 152 Å². The van der Waals surface area contributed by atoms with Crippen molar-refractivity contribution in [2.75, 3.05) is 6.54 Å². The molecule has 0 bridgehead atoms. The Balaban J connectivity index is 0.000000272.